The van der Waals surface area contributed by atoms with Gasteiger partial charge in [-0.3, -0.25) is 0 Å². The number of thioether (sulfide) groups is 1. The van der Waals surface area contributed by atoms with Gasteiger partial charge in [0.1, 0.15) is 5.75 Å². The van der Waals surface area contributed by atoms with Gasteiger partial charge in [0.15, 0.2) is 0 Å². The summed E-state index contributed by atoms with van der Waals surface area (Å²) in [4.78, 5) is 4.18. The molecule has 1 aromatic carbocycles. The smallest absolute Gasteiger partial charge is 0.137 e. The van der Waals surface area contributed by atoms with Crippen LogP contribution in [-0.4, -0.2) is 17.3 Å². The number of halogens is 1. The highest BCUT2D eigenvalue weighted by Gasteiger charge is 2.01. The summed E-state index contributed by atoms with van der Waals surface area (Å²) in [5.74, 6) is 1.43. The lowest BCUT2D eigenvalue weighted by Crippen LogP contribution is -2.00. The second-order valence-corrected chi connectivity index (χ2v) is 5.14. The van der Waals surface area contributed by atoms with Gasteiger partial charge in [0.2, 0.25) is 0 Å². The number of benzene rings is 1. The van der Waals surface area contributed by atoms with Gasteiger partial charge >= 0.3 is 0 Å². The Balaban J connectivity index is 1.81. The fraction of sp³-hybridized carbons (Fsp3) is 0.143. The molecule has 0 aliphatic heterocycles. The Morgan fingerprint density at radius 1 is 1.32 bits per heavy atom. The topological polar surface area (TPSA) is 45.9 Å². The summed E-state index contributed by atoms with van der Waals surface area (Å²) in [6, 6.07) is 12.9. The zero-order valence-electron chi connectivity index (χ0n) is 10.0. The normalized spacial score (nSPS) is 9.89. The summed E-state index contributed by atoms with van der Waals surface area (Å²) in [7, 11) is 0. The van der Waals surface area contributed by atoms with E-state index in [-0.39, 0.29) is 0 Å². The number of para-hydroxylation sites is 1. The molecule has 2 rings (SSSR count). The van der Waals surface area contributed by atoms with Gasteiger partial charge in [0, 0.05) is 11.9 Å². The van der Waals surface area contributed by atoms with Crippen molar-refractivity contribution in [3.05, 3.63) is 53.2 Å². The SMILES string of the molecule is N#Cc1ccnc(SCCOc2ccccc2Cl)c1. The average Bonchev–Trinajstić information content (AvgIpc) is 2.45. The Kier molecular flexibility index (Phi) is 5.08. The van der Waals surface area contributed by atoms with E-state index in [2.05, 4.69) is 11.1 Å². The Bertz CT molecular complexity index is 598. The van der Waals surface area contributed by atoms with E-state index >= 15 is 0 Å². The highest BCUT2D eigenvalue weighted by Crippen LogP contribution is 2.23. The van der Waals surface area contributed by atoms with Crippen LogP contribution in [0.25, 0.3) is 0 Å². The summed E-state index contributed by atoms with van der Waals surface area (Å²) in [6.07, 6.45) is 1.63. The molecule has 0 unspecified atom stereocenters. The lowest BCUT2D eigenvalue weighted by atomic mass is 10.3. The first-order valence-corrected chi connectivity index (χ1v) is 7.02. The van der Waals surface area contributed by atoms with Gasteiger partial charge in [-0.25, -0.2) is 4.98 Å². The summed E-state index contributed by atoms with van der Waals surface area (Å²) >= 11 is 7.52. The number of rotatable bonds is 5. The van der Waals surface area contributed by atoms with Gasteiger partial charge in [0.25, 0.3) is 0 Å². The highest BCUT2D eigenvalue weighted by atomic mass is 35.5. The zero-order chi connectivity index (χ0) is 13.5. The molecule has 0 fully saturated rings. The van der Waals surface area contributed by atoms with Gasteiger partial charge in [-0.05, 0) is 24.3 Å². The van der Waals surface area contributed by atoms with Crippen LogP contribution in [0.1, 0.15) is 5.56 Å². The molecule has 0 amide bonds. The van der Waals surface area contributed by atoms with Crippen LogP contribution in [0.15, 0.2) is 47.6 Å². The van der Waals surface area contributed by atoms with Crippen molar-refractivity contribution in [2.75, 3.05) is 12.4 Å². The third-order valence-electron chi connectivity index (χ3n) is 2.29. The van der Waals surface area contributed by atoms with Crippen LogP contribution < -0.4 is 4.74 Å². The third-order valence-corrected chi connectivity index (χ3v) is 3.49. The number of ether oxygens (including phenoxy) is 1. The van der Waals surface area contributed by atoms with E-state index in [1.54, 1.807) is 36.2 Å². The number of aromatic nitrogens is 1. The van der Waals surface area contributed by atoms with Crippen LogP contribution in [0.4, 0.5) is 0 Å². The molecule has 19 heavy (non-hydrogen) atoms. The van der Waals surface area contributed by atoms with Crippen LogP contribution in [0.2, 0.25) is 5.02 Å². The van der Waals surface area contributed by atoms with Gasteiger partial charge < -0.3 is 4.74 Å². The highest BCUT2D eigenvalue weighted by molar-refractivity contribution is 7.99. The van der Waals surface area contributed by atoms with Gasteiger partial charge in [-0.2, -0.15) is 5.26 Å². The molecular weight excluding hydrogens is 280 g/mol. The number of pyridine rings is 1. The number of nitriles is 1. The summed E-state index contributed by atoms with van der Waals surface area (Å²) in [5, 5.41) is 10.2. The molecule has 0 aliphatic rings. The van der Waals surface area contributed by atoms with E-state index in [9.17, 15) is 0 Å². The van der Waals surface area contributed by atoms with E-state index in [4.69, 9.17) is 21.6 Å². The molecule has 5 heteroatoms. The largest absolute Gasteiger partial charge is 0.491 e. The maximum Gasteiger partial charge on any atom is 0.137 e. The minimum absolute atomic E-state index is 0.535. The summed E-state index contributed by atoms with van der Waals surface area (Å²) in [5.41, 5.74) is 0.615. The second-order valence-electron chi connectivity index (χ2n) is 3.62. The van der Waals surface area contributed by atoms with Crippen molar-refractivity contribution in [1.29, 1.82) is 5.26 Å². The quantitative estimate of drug-likeness (QED) is 0.621. The Labute approximate surface area is 121 Å². The molecule has 0 radical (unpaired) electrons. The minimum Gasteiger partial charge on any atom is -0.491 e. The van der Waals surface area contributed by atoms with Gasteiger partial charge in [-0.1, -0.05) is 23.7 Å². The first-order chi connectivity index (χ1) is 9.29. The predicted octanol–water partition coefficient (Wildman–Crippen LogP) is 3.78. The van der Waals surface area contributed by atoms with Crippen LogP contribution >= 0.6 is 23.4 Å². The first kappa shape index (κ1) is 13.7. The standard InChI is InChI=1S/C14H11ClN2OS/c15-12-3-1-2-4-13(12)18-7-8-19-14-9-11(10-16)5-6-17-14/h1-6,9H,7-8H2. The first-order valence-electron chi connectivity index (χ1n) is 5.66. The van der Waals surface area contributed by atoms with Crippen molar-refractivity contribution in [3.63, 3.8) is 0 Å². The van der Waals surface area contributed by atoms with Crippen molar-refractivity contribution >= 4 is 23.4 Å². The van der Waals surface area contributed by atoms with Crippen molar-refractivity contribution in [2.24, 2.45) is 0 Å². The predicted molar refractivity (Wildman–Crippen MR) is 76.6 cm³/mol. The molecule has 0 saturated heterocycles. The number of hydrogen-bond donors (Lipinski definition) is 0. The van der Waals surface area contributed by atoms with Gasteiger partial charge in [-0.15, -0.1) is 11.8 Å². The Hall–Kier alpha value is -1.70. The molecule has 0 bridgehead atoms. The second kappa shape index (κ2) is 7.03. The molecule has 0 spiro atoms. The molecule has 2 aromatic rings. The van der Waals surface area contributed by atoms with Crippen molar-refractivity contribution in [2.45, 2.75) is 5.03 Å². The molecule has 0 N–H and O–H groups in total. The van der Waals surface area contributed by atoms with E-state index in [1.807, 2.05) is 18.2 Å². The van der Waals surface area contributed by atoms with Crippen LogP contribution in [-0.2, 0) is 0 Å². The Morgan fingerprint density at radius 3 is 2.95 bits per heavy atom. The minimum atomic E-state index is 0.535. The number of nitrogens with zero attached hydrogens (tertiary/aromatic N) is 2. The van der Waals surface area contributed by atoms with E-state index in [0.29, 0.717) is 22.9 Å². The molecule has 0 atom stereocenters. The summed E-state index contributed by atoms with van der Waals surface area (Å²) in [6.45, 7) is 0.535. The van der Waals surface area contributed by atoms with Crippen LogP contribution in [0.3, 0.4) is 0 Å². The molecular formula is C14H11ClN2OS. The molecule has 1 heterocycles. The summed E-state index contributed by atoms with van der Waals surface area (Å²) < 4.78 is 5.57. The Morgan fingerprint density at radius 2 is 2.16 bits per heavy atom. The average molecular weight is 291 g/mol. The van der Waals surface area contributed by atoms with Crippen molar-refractivity contribution in [3.8, 4) is 11.8 Å². The third kappa shape index (κ3) is 4.16. The molecule has 3 nitrogen and oxygen atoms in total. The van der Waals surface area contributed by atoms with E-state index in [1.165, 1.54) is 0 Å². The fourth-order valence-electron chi connectivity index (χ4n) is 1.42. The maximum absolute atomic E-state index is 8.79. The molecule has 96 valence electrons. The maximum atomic E-state index is 8.79. The van der Waals surface area contributed by atoms with Crippen molar-refractivity contribution in [1.82, 2.24) is 4.98 Å². The lowest BCUT2D eigenvalue weighted by molar-refractivity contribution is 0.344. The zero-order valence-corrected chi connectivity index (χ0v) is 11.6. The van der Waals surface area contributed by atoms with Crippen LogP contribution in [0.5, 0.6) is 5.75 Å². The molecule has 0 aliphatic carbocycles. The fourth-order valence-corrected chi connectivity index (χ4v) is 2.33. The lowest BCUT2D eigenvalue weighted by Gasteiger charge is -2.07. The molecule has 0 saturated carbocycles. The monoisotopic (exact) mass is 290 g/mol. The molecule has 1 aromatic heterocycles. The van der Waals surface area contributed by atoms with Crippen LogP contribution in [0, 0.1) is 11.3 Å². The number of hydrogen-bond acceptors (Lipinski definition) is 4. The van der Waals surface area contributed by atoms with Gasteiger partial charge in [0.05, 0.1) is 28.3 Å². The van der Waals surface area contributed by atoms with Crippen molar-refractivity contribution < 1.29 is 4.74 Å². The van der Waals surface area contributed by atoms with E-state index < -0.39 is 0 Å². The van der Waals surface area contributed by atoms with E-state index in [0.717, 1.165) is 10.8 Å².